The Morgan fingerprint density at radius 3 is 2.38 bits per heavy atom. The van der Waals surface area contributed by atoms with E-state index in [4.69, 9.17) is 25.0 Å². The fourth-order valence-electron chi connectivity index (χ4n) is 9.16. The molecule has 5 aromatic rings. The zero-order valence-corrected chi connectivity index (χ0v) is 34.4. The fourth-order valence-corrected chi connectivity index (χ4v) is 10.8. The number of rotatable bonds is 9. The van der Waals surface area contributed by atoms with Gasteiger partial charge in [-0.1, -0.05) is 54.6 Å². The predicted molar refractivity (Wildman–Crippen MR) is 234 cm³/mol. The standard InChI is InChI=1S/C45H49BN6O7S/c1-60(27-41(53)49-34-8-3-7-33(23-34)42(54)51-17-13-31(14-18-51)32-6-2-5-29(21-32)25-47)44(56)58-46(59-60)37-9-4-10-38-35(37)24-39(50-38)43(55)52-19-15-45(16-20-52)28-57-40-12-11-30(26-48)22-36(40)45/h2-12,21-24,31,50H,13-20,25-28,47-48H2,1H3,(H,49,53). The van der Waals surface area contributed by atoms with Crippen molar-refractivity contribution in [1.82, 2.24) is 14.8 Å². The molecule has 6 N–H and O–H groups in total. The molecular weight excluding hydrogens is 779 g/mol. The number of carbonyl (C=O) groups excluding carboxylic acids is 4. The molecule has 3 saturated heterocycles. The number of hydrogen-bond acceptors (Lipinski definition) is 9. The number of hydrogen-bond donors (Lipinski definition) is 4. The average molecular weight is 829 g/mol. The smallest absolute Gasteiger partial charge is 0.496 e. The summed E-state index contributed by atoms with van der Waals surface area (Å²) in [7, 11) is -3.72. The van der Waals surface area contributed by atoms with Crippen LogP contribution in [0, 0.1) is 0 Å². The minimum atomic E-state index is -2.67. The number of nitrogens with zero attached hydrogens (tertiary/aromatic N) is 2. The van der Waals surface area contributed by atoms with E-state index < -0.39 is 28.6 Å². The van der Waals surface area contributed by atoms with Crippen molar-refractivity contribution in [3.05, 3.63) is 125 Å². The van der Waals surface area contributed by atoms with E-state index in [9.17, 15) is 19.2 Å². The molecule has 9 rings (SSSR count). The van der Waals surface area contributed by atoms with Crippen molar-refractivity contribution >= 4 is 62.5 Å². The van der Waals surface area contributed by atoms with Gasteiger partial charge in [-0.05, 0) is 101 Å². The zero-order chi connectivity index (χ0) is 41.6. The Bertz CT molecular complexity index is 2500. The number of benzene rings is 4. The predicted octanol–water partition coefficient (Wildman–Crippen LogP) is 5.52. The highest BCUT2D eigenvalue weighted by atomic mass is 32.3. The molecule has 5 heterocycles. The maximum absolute atomic E-state index is 13.9. The van der Waals surface area contributed by atoms with Gasteiger partial charge in [-0.15, -0.1) is 0 Å². The highest BCUT2D eigenvalue weighted by Gasteiger charge is 2.49. The summed E-state index contributed by atoms with van der Waals surface area (Å²) in [5.74, 6) is 0.399. The van der Waals surface area contributed by atoms with Crippen molar-refractivity contribution in [2.45, 2.75) is 50.1 Å². The van der Waals surface area contributed by atoms with E-state index in [0.717, 1.165) is 42.6 Å². The van der Waals surface area contributed by atoms with Crippen LogP contribution >= 0.6 is 10.3 Å². The number of aromatic amines is 1. The number of fused-ring (bicyclic) bond motifs is 3. The van der Waals surface area contributed by atoms with Crippen LogP contribution < -0.4 is 27.0 Å². The molecule has 3 amide bonds. The van der Waals surface area contributed by atoms with Gasteiger partial charge in [0.15, 0.2) is 0 Å². The second kappa shape index (κ2) is 16.1. The van der Waals surface area contributed by atoms with Crippen LogP contribution in [0.25, 0.3) is 10.9 Å². The summed E-state index contributed by atoms with van der Waals surface area (Å²) in [5.41, 5.74) is 18.9. The molecule has 4 aliphatic rings. The number of anilines is 1. The molecule has 0 aliphatic carbocycles. The second-order valence-corrected chi connectivity index (χ2v) is 19.3. The molecule has 0 saturated carbocycles. The highest BCUT2D eigenvalue weighted by molar-refractivity contribution is 8.42. The molecule has 0 radical (unpaired) electrons. The van der Waals surface area contributed by atoms with Crippen molar-refractivity contribution in [3.63, 3.8) is 0 Å². The third kappa shape index (κ3) is 7.55. The largest absolute Gasteiger partial charge is 0.576 e. The topological polar surface area (TPSA) is 182 Å². The minimum absolute atomic E-state index is 0.0939. The first-order valence-corrected chi connectivity index (χ1v) is 22.7. The number of likely N-dealkylation sites (tertiary alicyclic amines) is 2. The summed E-state index contributed by atoms with van der Waals surface area (Å²) in [4.78, 5) is 61.2. The van der Waals surface area contributed by atoms with E-state index in [1.165, 1.54) is 11.1 Å². The highest BCUT2D eigenvalue weighted by Crippen LogP contribution is 2.52. The summed E-state index contributed by atoms with van der Waals surface area (Å²) < 4.78 is 18.1. The molecule has 13 nitrogen and oxygen atoms in total. The quantitative estimate of drug-likeness (QED) is 0.139. The average Bonchev–Trinajstić information content (AvgIpc) is 3.96. The summed E-state index contributed by atoms with van der Waals surface area (Å²) in [6.45, 7) is 3.97. The zero-order valence-electron chi connectivity index (χ0n) is 33.6. The SMILES string of the molecule is CS1(CC(=O)Nc2cccc(C(=O)N3CCC(c4cccc(CN)c4)CC3)c2)OB(c2cccc3[nH]c(C(=O)N4CCC5(CC4)COc4ccc(CN)cc45)cc23)OC1=O. The summed E-state index contributed by atoms with van der Waals surface area (Å²) in [6.07, 6.45) is 4.89. The van der Waals surface area contributed by atoms with Crippen LogP contribution in [0.5, 0.6) is 5.75 Å². The third-order valence-electron chi connectivity index (χ3n) is 12.6. The lowest BCUT2D eigenvalue weighted by Gasteiger charge is -2.38. The van der Waals surface area contributed by atoms with Gasteiger partial charge in [0.05, 0.1) is 12.4 Å². The Kier molecular flexibility index (Phi) is 10.7. The van der Waals surface area contributed by atoms with Gasteiger partial charge < -0.3 is 45.1 Å². The van der Waals surface area contributed by atoms with Gasteiger partial charge in [0, 0.05) is 77.9 Å². The van der Waals surface area contributed by atoms with Gasteiger partial charge in [-0.2, -0.15) is 0 Å². The van der Waals surface area contributed by atoms with Gasteiger partial charge >= 0.3 is 12.4 Å². The Labute approximate surface area is 350 Å². The summed E-state index contributed by atoms with van der Waals surface area (Å²) >= 11 is 0. The normalized spacial score (nSPS) is 21.1. The molecule has 310 valence electrons. The molecule has 1 unspecified atom stereocenters. The van der Waals surface area contributed by atoms with Gasteiger partial charge in [0.25, 0.3) is 11.8 Å². The number of nitrogens with two attached hydrogens (primary N) is 2. The molecule has 4 aromatic carbocycles. The molecule has 3 fully saturated rings. The number of aromatic nitrogens is 1. The first kappa shape index (κ1) is 39.8. The van der Waals surface area contributed by atoms with Gasteiger partial charge in [-0.25, -0.2) is 4.79 Å². The van der Waals surface area contributed by atoms with Crippen LogP contribution in [0.15, 0.2) is 91.0 Å². The van der Waals surface area contributed by atoms with Crippen LogP contribution in [0.3, 0.4) is 0 Å². The van der Waals surface area contributed by atoms with Gasteiger partial charge in [0.2, 0.25) is 5.91 Å². The van der Waals surface area contributed by atoms with E-state index in [2.05, 4.69) is 28.5 Å². The molecule has 0 bridgehead atoms. The van der Waals surface area contributed by atoms with Crippen LogP contribution in [0.4, 0.5) is 10.5 Å². The molecule has 60 heavy (non-hydrogen) atoms. The maximum atomic E-state index is 13.9. The first-order chi connectivity index (χ1) is 29.0. The van der Waals surface area contributed by atoms with E-state index >= 15 is 0 Å². The Morgan fingerprint density at radius 2 is 1.60 bits per heavy atom. The van der Waals surface area contributed by atoms with Crippen LogP contribution in [-0.2, 0) is 32.1 Å². The van der Waals surface area contributed by atoms with E-state index in [-0.39, 0.29) is 23.0 Å². The number of piperidine rings is 2. The monoisotopic (exact) mass is 828 g/mol. The molecule has 1 aromatic heterocycles. The van der Waals surface area contributed by atoms with E-state index in [1.54, 1.807) is 42.7 Å². The lowest BCUT2D eigenvalue weighted by molar-refractivity contribution is -0.113. The van der Waals surface area contributed by atoms with Crippen LogP contribution in [-0.4, -0.2) is 89.7 Å². The summed E-state index contributed by atoms with van der Waals surface area (Å²) in [5, 5.41) is 2.97. The lowest BCUT2D eigenvalue weighted by Crippen LogP contribution is -2.46. The van der Waals surface area contributed by atoms with Crippen LogP contribution in [0.2, 0.25) is 0 Å². The molecule has 15 heteroatoms. The number of carbonyl (C=O) groups is 4. The number of amides is 3. The maximum Gasteiger partial charge on any atom is 0.576 e. The van der Waals surface area contributed by atoms with Gasteiger partial charge in [-0.3, -0.25) is 14.4 Å². The lowest BCUT2D eigenvalue weighted by atomic mass is 9.74. The molecule has 1 spiro atoms. The Balaban J connectivity index is 0.816. The minimum Gasteiger partial charge on any atom is -0.496 e. The third-order valence-corrected chi connectivity index (χ3v) is 14.9. The number of ether oxygens (including phenoxy) is 1. The van der Waals surface area contributed by atoms with Crippen molar-refractivity contribution in [2.24, 2.45) is 11.5 Å². The van der Waals surface area contributed by atoms with Crippen molar-refractivity contribution < 1.29 is 32.7 Å². The van der Waals surface area contributed by atoms with Crippen molar-refractivity contribution in [1.29, 1.82) is 0 Å². The fraction of sp³-hybridized carbons (Fsp3) is 0.333. The van der Waals surface area contributed by atoms with Crippen molar-refractivity contribution in [3.8, 4) is 5.75 Å². The van der Waals surface area contributed by atoms with E-state index in [0.29, 0.717) is 85.1 Å². The Morgan fingerprint density at radius 1 is 0.867 bits per heavy atom. The Hall–Kier alpha value is -5.61. The molecular formula is C45H49BN6O7S. The number of H-pyrrole nitrogens is 1. The molecule has 4 aliphatic heterocycles. The van der Waals surface area contributed by atoms with E-state index in [1.807, 2.05) is 46.2 Å². The van der Waals surface area contributed by atoms with Crippen molar-refractivity contribution in [2.75, 3.05) is 50.1 Å². The molecule has 1 atom stereocenters. The van der Waals surface area contributed by atoms with Crippen LogP contribution in [0.1, 0.15) is 74.7 Å². The van der Waals surface area contributed by atoms with Gasteiger partial charge in [0.1, 0.15) is 11.4 Å². The summed E-state index contributed by atoms with van der Waals surface area (Å²) in [6, 6.07) is 28.6. The number of nitrogens with one attached hydrogen (secondary N) is 2. The second-order valence-electron chi connectivity index (χ2n) is 16.5. The first-order valence-electron chi connectivity index (χ1n) is 20.5.